The van der Waals surface area contributed by atoms with Crippen LogP contribution < -0.4 is 10.2 Å². The molecule has 1 aromatic rings. The van der Waals surface area contributed by atoms with E-state index in [4.69, 9.17) is 0 Å². The van der Waals surface area contributed by atoms with Crippen molar-refractivity contribution in [2.75, 3.05) is 37.6 Å². The first-order chi connectivity index (χ1) is 10.3. The van der Waals surface area contributed by atoms with Crippen LogP contribution in [0, 0.1) is 6.92 Å². The van der Waals surface area contributed by atoms with Gasteiger partial charge < -0.3 is 10.2 Å². The maximum atomic E-state index is 3.57. The molecule has 1 unspecified atom stereocenters. The molecule has 2 fully saturated rings. The van der Waals surface area contributed by atoms with Crippen molar-refractivity contribution < 1.29 is 0 Å². The highest BCUT2D eigenvalue weighted by molar-refractivity contribution is 5.55. The lowest BCUT2D eigenvalue weighted by Crippen LogP contribution is -2.50. The lowest BCUT2D eigenvalue weighted by atomic mass is 10.1. The zero-order chi connectivity index (χ0) is 14.7. The van der Waals surface area contributed by atoms with Crippen LogP contribution in [0.15, 0.2) is 18.2 Å². The Kier molecular flexibility index (Phi) is 4.81. The van der Waals surface area contributed by atoms with E-state index in [-0.39, 0.29) is 0 Å². The first-order valence-electron chi connectivity index (χ1n) is 8.57. The van der Waals surface area contributed by atoms with Crippen LogP contribution in [0.3, 0.4) is 0 Å². The summed E-state index contributed by atoms with van der Waals surface area (Å²) in [7, 11) is 0. The molecule has 2 aliphatic heterocycles. The maximum absolute atomic E-state index is 3.57. The van der Waals surface area contributed by atoms with Gasteiger partial charge in [-0.2, -0.15) is 0 Å². The molecule has 3 heteroatoms. The van der Waals surface area contributed by atoms with E-state index in [1.165, 1.54) is 62.3 Å². The number of piperazine rings is 1. The molecule has 3 rings (SSSR count). The summed E-state index contributed by atoms with van der Waals surface area (Å²) in [6.07, 6.45) is 3.96. The summed E-state index contributed by atoms with van der Waals surface area (Å²) >= 11 is 0. The summed E-state index contributed by atoms with van der Waals surface area (Å²) in [6, 6.07) is 7.75. The van der Waals surface area contributed by atoms with Crippen molar-refractivity contribution in [3.05, 3.63) is 29.3 Å². The van der Waals surface area contributed by atoms with Gasteiger partial charge in [-0.05, 0) is 50.9 Å². The predicted octanol–water partition coefficient (Wildman–Crippen LogP) is 2.78. The van der Waals surface area contributed by atoms with E-state index in [1.54, 1.807) is 0 Å². The Balaban J connectivity index is 1.74. The third-order valence-corrected chi connectivity index (χ3v) is 4.91. The highest BCUT2D eigenvalue weighted by Gasteiger charge is 2.31. The third kappa shape index (κ3) is 3.41. The van der Waals surface area contributed by atoms with Crippen LogP contribution in [0.1, 0.15) is 37.3 Å². The number of fused-ring (bicyclic) bond motifs is 1. The maximum Gasteiger partial charge on any atom is 0.0413 e. The van der Waals surface area contributed by atoms with E-state index in [0.29, 0.717) is 0 Å². The van der Waals surface area contributed by atoms with Crippen LogP contribution in [0.4, 0.5) is 5.69 Å². The molecule has 3 nitrogen and oxygen atoms in total. The fourth-order valence-corrected chi connectivity index (χ4v) is 3.77. The summed E-state index contributed by atoms with van der Waals surface area (Å²) in [5.41, 5.74) is 4.29. The van der Waals surface area contributed by atoms with Crippen LogP contribution in [0.2, 0.25) is 0 Å². The Morgan fingerprint density at radius 3 is 3.00 bits per heavy atom. The molecule has 0 radical (unpaired) electrons. The molecule has 2 heterocycles. The monoisotopic (exact) mass is 287 g/mol. The molecule has 21 heavy (non-hydrogen) atoms. The standard InChI is InChI=1S/C18H29N3/c1-3-8-19-13-16-12-15(2)6-7-18(16)21-11-10-20-9-4-5-17(20)14-21/h6-7,12,17,19H,3-5,8-11,13-14H2,1-2H3. The normalized spacial score (nSPS) is 22.6. The Hall–Kier alpha value is -1.06. The molecule has 0 saturated carbocycles. The van der Waals surface area contributed by atoms with E-state index in [2.05, 4.69) is 47.2 Å². The van der Waals surface area contributed by atoms with Gasteiger partial charge in [0.15, 0.2) is 0 Å². The lowest BCUT2D eigenvalue weighted by Gasteiger charge is -2.39. The summed E-state index contributed by atoms with van der Waals surface area (Å²) < 4.78 is 0. The number of anilines is 1. The van der Waals surface area contributed by atoms with Crippen molar-refractivity contribution in [3.8, 4) is 0 Å². The molecule has 0 bridgehead atoms. The van der Waals surface area contributed by atoms with Gasteiger partial charge in [-0.25, -0.2) is 0 Å². The van der Waals surface area contributed by atoms with Gasteiger partial charge in [-0.3, -0.25) is 4.90 Å². The van der Waals surface area contributed by atoms with Crippen LogP contribution in [-0.4, -0.2) is 43.7 Å². The Labute approximate surface area is 129 Å². The average molecular weight is 287 g/mol. The molecule has 2 saturated heterocycles. The first kappa shape index (κ1) is 14.9. The van der Waals surface area contributed by atoms with Crippen molar-refractivity contribution in [2.24, 2.45) is 0 Å². The van der Waals surface area contributed by atoms with Crippen molar-refractivity contribution >= 4 is 5.69 Å². The van der Waals surface area contributed by atoms with Crippen molar-refractivity contribution in [1.82, 2.24) is 10.2 Å². The molecule has 0 amide bonds. The number of aryl methyl sites for hydroxylation is 1. The molecule has 2 aliphatic rings. The molecule has 1 atom stereocenters. The van der Waals surface area contributed by atoms with Gasteiger partial charge in [0.25, 0.3) is 0 Å². The molecule has 0 aliphatic carbocycles. The number of hydrogen-bond donors (Lipinski definition) is 1. The summed E-state index contributed by atoms with van der Waals surface area (Å²) in [4.78, 5) is 5.30. The van der Waals surface area contributed by atoms with Crippen molar-refractivity contribution in [2.45, 2.75) is 45.7 Å². The van der Waals surface area contributed by atoms with Crippen LogP contribution in [0.5, 0.6) is 0 Å². The molecule has 1 aromatic carbocycles. The Bertz CT molecular complexity index is 472. The quantitative estimate of drug-likeness (QED) is 0.840. The molecule has 1 N–H and O–H groups in total. The molecular weight excluding hydrogens is 258 g/mol. The Morgan fingerprint density at radius 1 is 1.24 bits per heavy atom. The van der Waals surface area contributed by atoms with Gasteiger partial charge in [-0.1, -0.05) is 24.6 Å². The fraction of sp³-hybridized carbons (Fsp3) is 0.667. The van der Waals surface area contributed by atoms with Gasteiger partial charge in [0.1, 0.15) is 0 Å². The van der Waals surface area contributed by atoms with Gasteiger partial charge >= 0.3 is 0 Å². The molecular formula is C18H29N3. The minimum Gasteiger partial charge on any atom is -0.368 e. The number of nitrogens with zero attached hydrogens (tertiary/aromatic N) is 2. The van der Waals surface area contributed by atoms with Crippen LogP contribution >= 0.6 is 0 Å². The highest BCUT2D eigenvalue weighted by Crippen LogP contribution is 2.28. The van der Waals surface area contributed by atoms with Gasteiger partial charge in [0, 0.05) is 37.9 Å². The van der Waals surface area contributed by atoms with Gasteiger partial charge in [0.05, 0.1) is 0 Å². The molecule has 0 spiro atoms. The van der Waals surface area contributed by atoms with Crippen molar-refractivity contribution in [1.29, 1.82) is 0 Å². The second-order valence-corrected chi connectivity index (χ2v) is 6.59. The average Bonchev–Trinajstić information content (AvgIpc) is 2.95. The van der Waals surface area contributed by atoms with Crippen LogP contribution in [-0.2, 0) is 6.54 Å². The zero-order valence-electron chi connectivity index (χ0n) is 13.6. The van der Waals surface area contributed by atoms with E-state index in [1.807, 2.05) is 0 Å². The van der Waals surface area contributed by atoms with E-state index in [9.17, 15) is 0 Å². The summed E-state index contributed by atoms with van der Waals surface area (Å²) in [6.45, 7) is 11.5. The van der Waals surface area contributed by atoms with Gasteiger partial charge in [0.2, 0.25) is 0 Å². The topological polar surface area (TPSA) is 18.5 Å². The summed E-state index contributed by atoms with van der Waals surface area (Å²) in [5, 5.41) is 3.57. The van der Waals surface area contributed by atoms with E-state index < -0.39 is 0 Å². The summed E-state index contributed by atoms with van der Waals surface area (Å²) in [5.74, 6) is 0. The lowest BCUT2D eigenvalue weighted by molar-refractivity contribution is 0.231. The SMILES string of the molecule is CCCNCc1cc(C)ccc1N1CCN2CCCC2C1. The number of hydrogen-bond acceptors (Lipinski definition) is 3. The third-order valence-electron chi connectivity index (χ3n) is 4.91. The second-order valence-electron chi connectivity index (χ2n) is 6.59. The van der Waals surface area contributed by atoms with Crippen molar-refractivity contribution in [3.63, 3.8) is 0 Å². The second kappa shape index (κ2) is 6.80. The number of nitrogens with one attached hydrogen (secondary N) is 1. The van der Waals surface area contributed by atoms with Gasteiger partial charge in [-0.15, -0.1) is 0 Å². The largest absolute Gasteiger partial charge is 0.368 e. The van der Waals surface area contributed by atoms with Crippen LogP contribution in [0.25, 0.3) is 0 Å². The highest BCUT2D eigenvalue weighted by atomic mass is 15.3. The minimum absolute atomic E-state index is 0.788. The minimum atomic E-state index is 0.788. The fourth-order valence-electron chi connectivity index (χ4n) is 3.77. The molecule has 0 aromatic heterocycles. The first-order valence-corrected chi connectivity index (χ1v) is 8.57. The number of benzene rings is 1. The van der Waals surface area contributed by atoms with E-state index in [0.717, 1.165) is 19.1 Å². The Morgan fingerprint density at radius 2 is 2.14 bits per heavy atom. The van der Waals surface area contributed by atoms with E-state index >= 15 is 0 Å². The molecule has 116 valence electrons. The number of rotatable bonds is 5. The zero-order valence-corrected chi connectivity index (χ0v) is 13.6. The smallest absolute Gasteiger partial charge is 0.0413 e. The predicted molar refractivity (Wildman–Crippen MR) is 90.0 cm³/mol.